The fourth-order valence-electron chi connectivity index (χ4n) is 3.61. The van der Waals surface area contributed by atoms with Gasteiger partial charge in [0.1, 0.15) is 0 Å². The number of carbonyl (C=O) groups excluding carboxylic acids is 3. The molecular formula is C18H26N4O3S. The van der Waals surface area contributed by atoms with E-state index < -0.39 is 0 Å². The Hall–Kier alpha value is -1.96. The van der Waals surface area contributed by atoms with Crippen LogP contribution in [0.15, 0.2) is 0 Å². The molecule has 3 rings (SSSR count). The van der Waals surface area contributed by atoms with Gasteiger partial charge in [0.15, 0.2) is 10.9 Å². The molecule has 1 aromatic heterocycles. The first-order chi connectivity index (χ1) is 12.3. The van der Waals surface area contributed by atoms with Crippen LogP contribution in [0.3, 0.4) is 0 Å². The number of rotatable bonds is 5. The van der Waals surface area contributed by atoms with Crippen molar-refractivity contribution in [3.05, 3.63) is 10.6 Å². The summed E-state index contributed by atoms with van der Waals surface area (Å²) in [5, 5.41) is 8.46. The van der Waals surface area contributed by atoms with Crippen molar-refractivity contribution >= 4 is 34.2 Å². The van der Waals surface area contributed by atoms with Crippen molar-refractivity contribution in [2.24, 2.45) is 11.3 Å². The zero-order chi connectivity index (χ0) is 18.7. The summed E-state index contributed by atoms with van der Waals surface area (Å²) in [5.74, 6) is 0.287. The van der Waals surface area contributed by atoms with E-state index in [-0.39, 0.29) is 29.7 Å². The molecule has 2 aliphatic carbocycles. The molecule has 0 saturated heterocycles. The zero-order valence-corrected chi connectivity index (χ0v) is 16.1. The Bertz CT molecular complexity index is 707. The minimum absolute atomic E-state index is 0.0821. The quantitative estimate of drug-likeness (QED) is 0.733. The monoisotopic (exact) mass is 378 g/mol. The molecule has 26 heavy (non-hydrogen) atoms. The average Bonchev–Trinajstić information content (AvgIpc) is 3.19. The topological polar surface area (TPSA) is 100 Å². The van der Waals surface area contributed by atoms with Gasteiger partial charge in [-0.05, 0) is 30.6 Å². The third-order valence-corrected chi connectivity index (χ3v) is 5.97. The third kappa shape index (κ3) is 4.81. The zero-order valence-electron chi connectivity index (χ0n) is 15.3. The van der Waals surface area contributed by atoms with Gasteiger partial charge in [-0.15, -0.1) is 0 Å². The second kappa shape index (κ2) is 7.73. The number of hydrogen-bond donors (Lipinski definition) is 3. The van der Waals surface area contributed by atoms with Crippen LogP contribution < -0.4 is 16.0 Å². The fourth-order valence-corrected chi connectivity index (χ4v) is 4.55. The van der Waals surface area contributed by atoms with E-state index in [1.165, 1.54) is 24.2 Å². The maximum Gasteiger partial charge on any atom is 0.315 e. The molecule has 142 valence electrons. The number of carbonyl (C=O) groups is 3. The van der Waals surface area contributed by atoms with Crippen molar-refractivity contribution in [3.8, 4) is 0 Å². The Labute approximate surface area is 157 Å². The maximum absolute atomic E-state index is 12.2. The number of urea groups is 1. The number of aromatic nitrogens is 1. The number of thiazole rings is 1. The molecule has 2 aliphatic rings. The average molecular weight is 378 g/mol. The van der Waals surface area contributed by atoms with Crippen molar-refractivity contribution in [3.63, 3.8) is 0 Å². The number of Topliss-reactive ketones (excluding diaryl/α,β-unsaturated/α-hetero) is 1. The summed E-state index contributed by atoms with van der Waals surface area (Å²) in [6, 6.07) is -0.331. The van der Waals surface area contributed by atoms with E-state index >= 15 is 0 Å². The van der Waals surface area contributed by atoms with Crippen molar-refractivity contribution in [1.82, 2.24) is 15.6 Å². The minimum atomic E-state index is -0.348. The van der Waals surface area contributed by atoms with E-state index in [1.54, 1.807) is 0 Å². The molecule has 8 heteroatoms. The van der Waals surface area contributed by atoms with Gasteiger partial charge in [-0.1, -0.05) is 38.0 Å². The number of nitrogens with one attached hydrogen (secondary N) is 3. The first-order valence-electron chi connectivity index (χ1n) is 9.17. The van der Waals surface area contributed by atoms with Crippen LogP contribution in [-0.4, -0.2) is 35.8 Å². The smallest absolute Gasteiger partial charge is 0.315 e. The molecule has 3 N–H and O–H groups in total. The van der Waals surface area contributed by atoms with Gasteiger partial charge >= 0.3 is 6.03 Å². The molecule has 3 amide bonds. The normalized spacial score (nSPS) is 19.1. The fraction of sp³-hybridized carbons (Fsp3) is 0.667. The van der Waals surface area contributed by atoms with Crippen LogP contribution in [0.5, 0.6) is 0 Å². The van der Waals surface area contributed by atoms with Crippen LogP contribution >= 0.6 is 11.3 Å². The highest BCUT2D eigenvalue weighted by Crippen LogP contribution is 2.38. The van der Waals surface area contributed by atoms with Gasteiger partial charge in [-0.3, -0.25) is 9.59 Å². The first kappa shape index (κ1) is 18.8. The molecule has 0 aromatic carbocycles. The van der Waals surface area contributed by atoms with E-state index in [0.29, 0.717) is 28.9 Å². The molecule has 1 aromatic rings. The Balaban J connectivity index is 1.45. The van der Waals surface area contributed by atoms with E-state index in [4.69, 9.17) is 0 Å². The third-order valence-electron chi connectivity index (χ3n) is 4.92. The van der Waals surface area contributed by atoms with Crippen LogP contribution in [-0.2, 0) is 11.2 Å². The van der Waals surface area contributed by atoms with Gasteiger partial charge in [-0.2, -0.15) is 0 Å². The predicted molar refractivity (Wildman–Crippen MR) is 101 cm³/mol. The van der Waals surface area contributed by atoms with Crippen LogP contribution in [0, 0.1) is 11.3 Å². The van der Waals surface area contributed by atoms with Crippen molar-refractivity contribution in [2.45, 2.75) is 52.4 Å². The molecule has 0 aliphatic heterocycles. The maximum atomic E-state index is 12.2. The summed E-state index contributed by atoms with van der Waals surface area (Å²) < 4.78 is 0. The number of hydrogen-bond acceptors (Lipinski definition) is 5. The lowest BCUT2D eigenvalue weighted by molar-refractivity contribution is -0.115. The van der Waals surface area contributed by atoms with Gasteiger partial charge in [0, 0.05) is 13.0 Å². The highest BCUT2D eigenvalue weighted by Gasteiger charge is 2.34. The summed E-state index contributed by atoms with van der Waals surface area (Å²) >= 11 is 1.21. The van der Waals surface area contributed by atoms with E-state index in [9.17, 15) is 14.4 Å². The van der Waals surface area contributed by atoms with Gasteiger partial charge in [0.25, 0.3) is 0 Å². The van der Waals surface area contributed by atoms with Crippen molar-refractivity contribution in [2.75, 3.05) is 18.4 Å². The lowest BCUT2D eigenvalue weighted by Crippen LogP contribution is -2.41. The molecule has 0 radical (unpaired) electrons. The summed E-state index contributed by atoms with van der Waals surface area (Å²) in [5.41, 5.74) is 0.659. The minimum Gasteiger partial charge on any atom is -0.338 e. The Kier molecular flexibility index (Phi) is 5.60. The summed E-state index contributed by atoms with van der Waals surface area (Å²) in [6.45, 7) is 4.61. The molecule has 0 atom stereocenters. The number of amides is 3. The Morgan fingerprint density at radius 1 is 1.19 bits per heavy atom. The molecule has 7 nitrogen and oxygen atoms in total. The molecule has 1 fully saturated rings. The largest absolute Gasteiger partial charge is 0.338 e. The second-order valence-electron chi connectivity index (χ2n) is 8.00. The van der Waals surface area contributed by atoms with Crippen LogP contribution in [0.1, 0.15) is 61.3 Å². The lowest BCUT2D eigenvalue weighted by Gasteiger charge is -2.26. The van der Waals surface area contributed by atoms with Crippen molar-refractivity contribution in [1.29, 1.82) is 0 Å². The lowest BCUT2D eigenvalue weighted by atomic mass is 9.78. The van der Waals surface area contributed by atoms with Crippen LogP contribution in [0.25, 0.3) is 0 Å². The molecule has 1 heterocycles. The Morgan fingerprint density at radius 2 is 1.92 bits per heavy atom. The SMILES string of the molecule is CC1(C)CC(=O)c2sc(NC(=O)CNC(=O)NCC3CCCC3)nc2C1. The first-order valence-corrected chi connectivity index (χ1v) is 9.98. The van der Waals surface area contributed by atoms with E-state index in [0.717, 1.165) is 25.0 Å². The van der Waals surface area contributed by atoms with Crippen LogP contribution in [0.2, 0.25) is 0 Å². The number of anilines is 1. The number of nitrogens with zero attached hydrogens (tertiary/aromatic N) is 1. The van der Waals surface area contributed by atoms with Gasteiger partial charge in [0.2, 0.25) is 5.91 Å². The number of fused-ring (bicyclic) bond motifs is 1. The second-order valence-corrected chi connectivity index (χ2v) is 9.00. The van der Waals surface area contributed by atoms with Crippen molar-refractivity contribution < 1.29 is 14.4 Å². The molecule has 0 unspecified atom stereocenters. The highest BCUT2D eigenvalue weighted by molar-refractivity contribution is 7.17. The Morgan fingerprint density at radius 3 is 2.65 bits per heavy atom. The number of ketones is 1. The predicted octanol–water partition coefficient (Wildman–Crippen LogP) is 2.73. The standard InChI is InChI=1S/C18H26N4O3S/c1-18(2)7-12-15(13(23)8-18)26-17(21-12)22-14(24)10-20-16(25)19-9-11-5-3-4-6-11/h11H,3-10H2,1-2H3,(H2,19,20,25)(H,21,22,24). The summed E-state index contributed by atoms with van der Waals surface area (Å²) in [4.78, 5) is 41.0. The summed E-state index contributed by atoms with van der Waals surface area (Å²) in [7, 11) is 0. The summed E-state index contributed by atoms with van der Waals surface area (Å²) in [6.07, 6.45) is 6.00. The highest BCUT2D eigenvalue weighted by atomic mass is 32.1. The molecule has 1 saturated carbocycles. The van der Waals surface area contributed by atoms with E-state index in [1.807, 2.05) is 13.8 Å². The van der Waals surface area contributed by atoms with Gasteiger partial charge in [0.05, 0.1) is 17.1 Å². The van der Waals surface area contributed by atoms with E-state index in [2.05, 4.69) is 20.9 Å². The van der Waals surface area contributed by atoms with Gasteiger partial charge in [-0.25, -0.2) is 9.78 Å². The molecular weight excluding hydrogens is 352 g/mol. The van der Waals surface area contributed by atoms with Gasteiger partial charge < -0.3 is 16.0 Å². The molecule has 0 bridgehead atoms. The molecule has 0 spiro atoms. The van der Waals surface area contributed by atoms with Crippen LogP contribution in [0.4, 0.5) is 9.93 Å².